The Morgan fingerprint density at radius 2 is 1.76 bits per heavy atom. The van der Waals surface area contributed by atoms with Crippen molar-refractivity contribution in [1.82, 2.24) is 9.78 Å². The molecule has 0 atom stereocenters. The Labute approximate surface area is 125 Å². The number of aryl methyl sites for hydroxylation is 1. The zero-order valence-electron chi connectivity index (χ0n) is 13.5. The average molecular weight is 287 g/mol. The van der Waals surface area contributed by atoms with E-state index in [0.29, 0.717) is 0 Å². The van der Waals surface area contributed by atoms with Crippen molar-refractivity contribution in [2.24, 2.45) is 7.05 Å². The molecule has 0 saturated carbocycles. The highest BCUT2D eigenvalue weighted by atomic mass is 16.7. The van der Waals surface area contributed by atoms with Crippen LogP contribution >= 0.6 is 0 Å². The molecule has 0 amide bonds. The van der Waals surface area contributed by atoms with Crippen molar-refractivity contribution >= 4 is 29.3 Å². The molecule has 1 N–H and O–H groups in total. The summed E-state index contributed by atoms with van der Waals surface area (Å²) in [4.78, 5) is 0. The maximum Gasteiger partial charge on any atom is 0.497 e. The van der Waals surface area contributed by atoms with Crippen LogP contribution in [0, 0.1) is 0 Å². The van der Waals surface area contributed by atoms with Gasteiger partial charge in [0.2, 0.25) is 0 Å². The van der Waals surface area contributed by atoms with Crippen molar-refractivity contribution in [2.45, 2.75) is 38.9 Å². The second-order valence-corrected chi connectivity index (χ2v) is 6.55. The molecule has 1 fully saturated rings. The number of hydrogen-bond donors (Lipinski definition) is 1. The zero-order valence-corrected chi connectivity index (χ0v) is 13.5. The third kappa shape index (κ3) is 2.05. The van der Waals surface area contributed by atoms with Gasteiger partial charge in [0.1, 0.15) is 0 Å². The monoisotopic (exact) mass is 287 g/mol. The lowest BCUT2D eigenvalue weighted by Gasteiger charge is -2.32. The molecule has 1 aliphatic heterocycles. The third-order valence-electron chi connectivity index (χ3n) is 4.64. The Morgan fingerprint density at radius 1 is 1.14 bits per heavy atom. The molecule has 21 heavy (non-hydrogen) atoms. The highest BCUT2D eigenvalue weighted by molar-refractivity contribution is 6.65. The number of hydrogen-bond acceptors (Lipinski definition) is 4. The fourth-order valence-electron chi connectivity index (χ4n) is 2.71. The fourth-order valence-corrected chi connectivity index (χ4v) is 2.71. The number of benzene rings is 1. The first kappa shape index (κ1) is 14.4. The Bertz CT molecular complexity index is 678. The minimum absolute atomic E-state index is 0.343. The number of para-hydroxylation sites is 1. The van der Waals surface area contributed by atoms with E-state index in [1.807, 2.05) is 30.9 Å². The molecular weight excluding hydrogens is 265 g/mol. The summed E-state index contributed by atoms with van der Waals surface area (Å²) in [7, 11) is 3.44. The SMILES string of the molecule is CNc1nn(C)c2c(B3OC(C)(C)C(C)(C)O3)cccc12. The van der Waals surface area contributed by atoms with Gasteiger partial charge < -0.3 is 14.6 Å². The maximum absolute atomic E-state index is 6.17. The van der Waals surface area contributed by atoms with Gasteiger partial charge >= 0.3 is 7.12 Å². The fraction of sp³-hybridized carbons (Fsp3) is 0.533. The molecule has 1 aromatic heterocycles. The largest absolute Gasteiger partial charge is 0.497 e. The molecule has 112 valence electrons. The van der Waals surface area contributed by atoms with E-state index in [1.54, 1.807) is 0 Å². The lowest BCUT2D eigenvalue weighted by molar-refractivity contribution is 0.00578. The molecule has 1 saturated heterocycles. The standard InChI is InChI=1S/C15H22BN3O2/c1-14(2)15(3,4)21-16(20-14)11-9-7-8-10-12(11)19(6)18-13(10)17-5/h7-9H,1-6H3,(H,17,18). The quantitative estimate of drug-likeness (QED) is 0.857. The normalized spacial score (nSPS) is 20.2. The molecule has 2 heterocycles. The van der Waals surface area contributed by atoms with Crippen molar-refractivity contribution in [3.63, 3.8) is 0 Å². The number of nitrogens with one attached hydrogen (secondary N) is 1. The van der Waals surface area contributed by atoms with Crippen LogP contribution in [-0.4, -0.2) is 35.1 Å². The number of rotatable bonds is 2. The van der Waals surface area contributed by atoms with Gasteiger partial charge in [-0.2, -0.15) is 5.10 Å². The molecule has 1 aliphatic rings. The summed E-state index contributed by atoms with van der Waals surface area (Å²) < 4.78 is 14.2. The Hall–Kier alpha value is -1.53. The average Bonchev–Trinajstić information content (AvgIpc) is 2.84. The minimum atomic E-state index is -0.376. The van der Waals surface area contributed by atoms with E-state index < -0.39 is 0 Å². The molecule has 0 bridgehead atoms. The Balaban J connectivity index is 2.13. The van der Waals surface area contributed by atoms with Gasteiger partial charge in [-0.3, -0.25) is 4.68 Å². The molecule has 3 rings (SSSR count). The molecule has 6 heteroatoms. The molecule has 2 aromatic rings. The number of nitrogens with zero attached hydrogens (tertiary/aromatic N) is 2. The molecule has 0 spiro atoms. The summed E-state index contributed by atoms with van der Waals surface area (Å²) in [5, 5.41) is 8.71. The van der Waals surface area contributed by atoms with Crippen LogP contribution < -0.4 is 10.8 Å². The van der Waals surface area contributed by atoms with E-state index in [1.165, 1.54) is 0 Å². The first-order chi connectivity index (χ1) is 9.77. The number of aromatic nitrogens is 2. The van der Waals surface area contributed by atoms with Gasteiger partial charge in [-0.1, -0.05) is 12.1 Å². The van der Waals surface area contributed by atoms with E-state index >= 15 is 0 Å². The summed E-state index contributed by atoms with van der Waals surface area (Å²) >= 11 is 0. The van der Waals surface area contributed by atoms with Crippen LogP contribution in [0.1, 0.15) is 27.7 Å². The molecule has 5 nitrogen and oxygen atoms in total. The minimum Gasteiger partial charge on any atom is -0.399 e. The second kappa shape index (κ2) is 4.48. The summed E-state index contributed by atoms with van der Waals surface area (Å²) in [5.74, 6) is 0.867. The van der Waals surface area contributed by atoms with Crippen molar-refractivity contribution in [2.75, 3.05) is 12.4 Å². The number of fused-ring (bicyclic) bond motifs is 1. The van der Waals surface area contributed by atoms with E-state index in [2.05, 4.69) is 44.2 Å². The number of anilines is 1. The van der Waals surface area contributed by atoms with Gasteiger partial charge in [-0.25, -0.2) is 0 Å². The van der Waals surface area contributed by atoms with Crippen LogP contribution in [0.25, 0.3) is 10.9 Å². The van der Waals surface area contributed by atoms with E-state index in [9.17, 15) is 0 Å². The van der Waals surface area contributed by atoms with Crippen molar-refractivity contribution in [3.05, 3.63) is 18.2 Å². The van der Waals surface area contributed by atoms with Crippen LogP contribution in [0.5, 0.6) is 0 Å². The lowest BCUT2D eigenvalue weighted by Crippen LogP contribution is -2.41. The first-order valence-electron chi connectivity index (χ1n) is 7.26. The lowest BCUT2D eigenvalue weighted by atomic mass is 9.78. The summed E-state index contributed by atoms with van der Waals surface area (Å²) in [6.07, 6.45) is 0. The summed E-state index contributed by atoms with van der Waals surface area (Å²) in [5.41, 5.74) is 1.37. The van der Waals surface area contributed by atoms with Gasteiger partial charge in [0.25, 0.3) is 0 Å². The molecule has 0 unspecified atom stereocenters. The molecule has 1 aromatic carbocycles. The third-order valence-corrected chi connectivity index (χ3v) is 4.64. The van der Waals surface area contributed by atoms with Crippen molar-refractivity contribution in [3.8, 4) is 0 Å². The van der Waals surface area contributed by atoms with Crippen LogP contribution in [0.4, 0.5) is 5.82 Å². The van der Waals surface area contributed by atoms with Crippen LogP contribution in [0.2, 0.25) is 0 Å². The zero-order chi connectivity index (χ0) is 15.4. The van der Waals surface area contributed by atoms with Crippen LogP contribution in [-0.2, 0) is 16.4 Å². The first-order valence-corrected chi connectivity index (χ1v) is 7.26. The Kier molecular flexibility index (Phi) is 3.08. The molecule has 0 aliphatic carbocycles. The van der Waals surface area contributed by atoms with Crippen LogP contribution in [0.15, 0.2) is 18.2 Å². The predicted molar refractivity (Wildman–Crippen MR) is 86.0 cm³/mol. The second-order valence-electron chi connectivity index (χ2n) is 6.55. The topological polar surface area (TPSA) is 48.3 Å². The maximum atomic E-state index is 6.17. The molecule has 0 radical (unpaired) electrons. The van der Waals surface area contributed by atoms with Gasteiger partial charge in [0, 0.05) is 24.9 Å². The highest BCUT2D eigenvalue weighted by Crippen LogP contribution is 2.37. The van der Waals surface area contributed by atoms with E-state index in [4.69, 9.17) is 9.31 Å². The van der Waals surface area contributed by atoms with Gasteiger partial charge in [0.05, 0.1) is 16.7 Å². The Morgan fingerprint density at radius 3 is 2.33 bits per heavy atom. The smallest absolute Gasteiger partial charge is 0.399 e. The van der Waals surface area contributed by atoms with Crippen LogP contribution in [0.3, 0.4) is 0 Å². The van der Waals surface area contributed by atoms with Crippen molar-refractivity contribution in [1.29, 1.82) is 0 Å². The van der Waals surface area contributed by atoms with E-state index in [0.717, 1.165) is 22.2 Å². The summed E-state index contributed by atoms with van der Waals surface area (Å²) in [6, 6.07) is 6.12. The van der Waals surface area contributed by atoms with Gasteiger partial charge in [0.15, 0.2) is 5.82 Å². The van der Waals surface area contributed by atoms with Crippen molar-refractivity contribution < 1.29 is 9.31 Å². The van der Waals surface area contributed by atoms with E-state index in [-0.39, 0.29) is 18.3 Å². The van der Waals surface area contributed by atoms with Gasteiger partial charge in [-0.15, -0.1) is 0 Å². The molecular formula is C15H22BN3O2. The predicted octanol–water partition coefficient (Wildman–Crippen LogP) is 1.91. The summed E-state index contributed by atoms with van der Waals surface area (Å²) in [6.45, 7) is 8.26. The van der Waals surface area contributed by atoms with Gasteiger partial charge in [-0.05, 0) is 33.8 Å². The highest BCUT2D eigenvalue weighted by Gasteiger charge is 2.52.